The highest BCUT2D eigenvalue weighted by molar-refractivity contribution is 4.98. The van der Waals surface area contributed by atoms with Crippen LogP contribution in [0.3, 0.4) is 0 Å². The van der Waals surface area contributed by atoms with Crippen LogP contribution in [0.15, 0.2) is 6.33 Å². The van der Waals surface area contributed by atoms with E-state index in [1.165, 1.54) is 0 Å². The summed E-state index contributed by atoms with van der Waals surface area (Å²) in [6, 6.07) is 0. The lowest BCUT2D eigenvalue weighted by Crippen LogP contribution is -2.43. The Balaban J connectivity index is 2.06. The van der Waals surface area contributed by atoms with Crippen molar-refractivity contribution in [3.8, 4) is 0 Å². The van der Waals surface area contributed by atoms with Crippen LogP contribution in [-0.4, -0.2) is 33.5 Å². The molecule has 0 bridgehead atoms. The number of rotatable bonds is 3. The van der Waals surface area contributed by atoms with E-state index in [4.69, 9.17) is 10.5 Å². The lowest BCUT2D eigenvalue weighted by molar-refractivity contribution is 0.139. The molecule has 0 saturated carbocycles. The summed E-state index contributed by atoms with van der Waals surface area (Å²) < 4.78 is 7.36. The molecule has 2 heterocycles. The van der Waals surface area contributed by atoms with Crippen LogP contribution in [0.5, 0.6) is 0 Å². The normalized spacial score (nSPS) is 26.6. The molecule has 0 amide bonds. The highest BCUT2D eigenvalue weighted by atomic mass is 16.5. The summed E-state index contributed by atoms with van der Waals surface area (Å²) in [4.78, 5) is 4.29. The van der Waals surface area contributed by atoms with Gasteiger partial charge < -0.3 is 10.5 Å². The summed E-state index contributed by atoms with van der Waals surface area (Å²) in [7, 11) is 0. The molecular weight excluding hydrogens is 204 g/mol. The van der Waals surface area contributed by atoms with Gasteiger partial charge in [-0.05, 0) is 26.2 Å². The molecule has 0 radical (unpaired) electrons. The maximum absolute atomic E-state index is 6.41. The lowest BCUT2D eigenvalue weighted by atomic mass is 9.88. The summed E-state index contributed by atoms with van der Waals surface area (Å²) >= 11 is 0. The fourth-order valence-corrected chi connectivity index (χ4v) is 2.21. The molecule has 1 saturated heterocycles. The first-order valence-electron chi connectivity index (χ1n) is 5.97. The number of nitrogens with zero attached hydrogens (tertiary/aromatic N) is 3. The molecule has 0 aliphatic carbocycles. The van der Waals surface area contributed by atoms with Gasteiger partial charge in [-0.2, -0.15) is 5.10 Å². The van der Waals surface area contributed by atoms with E-state index in [0.717, 1.165) is 51.3 Å². The van der Waals surface area contributed by atoms with E-state index in [-0.39, 0.29) is 5.54 Å². The quantitative estimate of drug-likeness (QED) is 0.822. The van der Waals surface area contributed by atoms with Gasteiger partial charge in [0, 0.05) is 31.7 Å². The summed E-state index contributed by atoms with van der Waals surface area (Å²) in [5.41, 5.74) is 6.24. The van der Waals surface area contributed by atoms with Crippen molar-refractivity contribution in [2.45, 2.75) is 44.7 Å². The molecule has 1 aliphatic rings. The Morgan fingerprint density at radius 2 is 2.38 bits per heavy atom. The van der Waals surface area contributed by atoms with Gasteiger partial charge in [0.1, 0.15) is 12.2 Å². The van der Waals surface area contributed by atoms with Crippen molar-refractivity contribution < 1.29 is 4.74 Å². The van der Waals surface area contributed by atoms with Gasteiger partial charge in [-0.15, -0.1) is 0 Å². The Hall–Kier alpha value is -0.940. The van der Waals surface area contributed by atoms with Crippen LogP contribution >= 0.6 is 0 Å². The van der Waals surface area contributed by atoms with E-state index >= 15 is 0 Å². The number of aryl methyl sites for hydroxylation is 1. The topological polar surface area (TPSA) is 66.0 Å². The predicted octanol–water partition coefficient (Wildman–Crippen LogP) is 0.738. The van der Waals surface area contributed by atoms with Gasteiger partial charge in [-0.25, -0.2) is 4.98 Å². The Kier molecular flexibility index (Phi) is 3.56. The SMILES string of the molecule is CCn1ncnc1CC1(N)CCCOCC1. The molecule has 90 valence electrons. The molecule has 5 nitrogen and oxygen atoms in total. The Labute approximate surface area is 96.0 Å². The van der Waals surface area contributed by atoms with E-state index in [0.29, 0.717) is 0 Å². The molecule has 1 aromatic heterocycles. The van der Waals surface area contributed by atoms with Crippen LogP contribution in [0.1, 0.15) is 32.0 Å². The van der Waals surface area contributed by atoms with Crippen molar-refractivity contribution in [3.05, 3.63) is 12.2 Å². The number of nitrogens with two attached hydrogens (primary N) is 1. The second-order valence-electron chi connectivity index (χ2n) is 4.50. The van der Waals surface area contributed by atoms with Crippen molar-refractivity contribution in [2.75, 3.05) is 13.2 Å². The van der Waals surface area contributed by atoms with Crippen LogP contribution in [0.4, 0.5) is 0 Å². The van der Waals surface area contributed by atoms with Crippen LogP contribution in [0.2, 0.25) is 0 Å². The first kappa shape index (κ1) is 11.5. The molecule has 1 unspecified atom stereocenters. The number of hydrogen-bond acceptors (Lipinski definition) is 4. The first-order valence-corrected chi connectivity index (χ1v) is 5.97. The summed E-state index contributed by atoms with van der Waals surface area (Å²) in [5.74, 6) is 0.993. The standard InChI is InChI=1S/C11H20N4O/c1-2-15-10(13-9-14-15)8-11(12)4-3-6-16-7-5-11/h9H,2-8,12H2,1H3. The maximum atomic E-state index is 6.41. The van der Waals surface area contributed by atoms with E-state index in [2.05, 4.69) is 17.0 Å². The second-order valence-corrected chi connectivity index (χ2v) is 4.50. The molecule has 2 rings (SSSR count). The number of aromatic nitrogens is 3. The Morgan fingerprint density at radius 3 is 3.19 bits per heavy atom. The Morgan fingerprint density at radius 1 is 1.50 bits per heavy atom. The second kappa shape index (κ2) is 4.93. The zero-order valence-electron chi connectivity index (χ0n) is 9.85. The molecule has 1 aromatic rings. The molecule has 0 spiro atoms. The predicted molar refractivity (Wildman–Crippen MR) is 61.0 cm³/mol. The van der Waals surface area contributed by atoms with Crippen LogP contribution < -0.4 is 5.73 Å². The smallest absolute Gasteiger partial charge is 0.138 e. The highest BCUT2D eigenvalue weighted by Gasteiger charge is 2.28. The summed E-state index contributed by atoms with van der Waals surface area (Å²) in [5, 5.41) is 4.17. The van der Waals surface area contributed by atoms with Gasteiger partial charge in [0.2, 0.25) is 0 Å². The maximum Gasteiger partial charge on any atom is 0.138 e. The van der Waals surface area contributed by atoms with Gasteiger partial charge in [-0.3, -0.25) is 4.68 Å². The van der Waals surface area contributed by atoms with Crippen LogP contribution in [0.25, 0.3) is 0 Å². The minimum atomic E-state index is -0.170. The molecule has 1 atom stereocenters. The molecule has 2 N–H and O–H groups in total. The zero-order valence-corrected chi connectivity index (χ0v) is 9.85. The molecular formula is C11H20N4O. The molecule has 1 aliphatic heterocycles. The van der Waals surface area contributed by atoms with Crippen molar-refractivity contribution >= 4 is 0 Å². The largest absolute Gasteiger partial charge is 0.381 e. The first-order chi connectivity index (χ1) is 7.73. The van der Waals surface area contributed by atoms with Crippen LogP contribution in [0, 0.1) is 0 Å². The van der Waals surface area contributed by atoms with Gasteiger partial charge in [-0.1, -0.05) is 0 Å². The third kappa shape index (κ3) is 2.59. The lowest BCUT2D eigenvalue weighted by Gasteiger charge is -2.26. The summed E-state index contributed by atoms with van der Waals surface area (Å²) in [6.07, 6.45) is 5.35. The van der Waals surface area contributed by atoms with Gasteiger partial charge in [0.15, 0.2) is 0 Å². The van der Waals surface area contributed by atoms with Gasteiger partial charge in [0.25, 0.3) is 0 Å². The minimum absolute atomic E-state index is 0.170. The molecule has 16 heavy (non-hydrogen) atoms. The monoisotopic (exact) mass is 224 g/mol. The van der Waals surface area contributed by atoms with Crippen molar-refractivity contribution in [2.24, 2.45) is 5.73 Å². The fraction of sp³-hybridized carbons (Fsp3) is 0.818. The van der Waals surface area contributed by atoms with Gasteiger partial charge in [0.05, 0.1) is 0 Å². The summed E-state index contributed by atoms with van der Waals surface area (Å²) in [6.45, 7) is 4.51. The average Bonchev–Trinajstić information content (AvgIpc) is 2.59. The van der Waals surface area contributed by atoms with Crippen molar-refractivity contribution in [1.29, 1.82) is 0 Å². The van der Waals surface area contributed by atoms with Crippen LogP contribution in [-0.2, 0) is 17.7 Å². The number of ether oxygens (including phenoxy) is 1. The Bertz CT molecular complexity index is 328. The third-order valence-corrected chi connectivity index (χ3v) is 3.21. The van der Waals surface area contributed by atoms with E-state index in [1.807, 2.05) is 4.68 Å². The average molecular weight is 224 g/mol. The molecule has 1 fully saturated rings. The highest BCUT2D eigenvalue weighted by Crippen LogP contribution is 2.22. The molecule has 0 aromatic carbocycles. The zero-order chi connectivity index (χ0) is 11.4. The number of hydrogen-bond donors (Lipinski definition) is 1. The molecule has 5 heteroatoms. The van der Waals surface area contributed by atoms with E-state index < -0.39 is 0 Å². The van der Waals surface area contributed by atoms with Gasteiger partial charge >= 0.3 is 0 Å². The minimum Gasteiger partial charge on any atom is -0.381 e. The van der Waals surface area contributed by atoms with E-state index in [9.17, 15) is 0 Å². The van der Waals surface area contributed by atoms with E-state index in [1.54, 1.807) is 6.33 Å². The van der Waals surface area contributed by atoms with Crippen molar-refractivity contribution in [3.63, 3.8) is 0 Å². The third-order valence-electron chi connectivity index (χ3n) is 3.21. The fourth-order valence-electron chi connectivity index (χ4n) is 2.21. The van der Waals surface area contributed by atoms with Crippen molar-refractivity contribution in [1.82, 2.24) is 14.8 Å².